The van der Waals surface area contributed by atoms with Gasteiger partial charge in [0.05, 0.1) is 18.3 Å². The van der Waals surface area contributed by atoms with Crippen molar-refractivity contribution in [2.24, 2.45) is 0 Å². The Morgan fingerprint density at radius 3 is 3.00 bits per heavy atom. The van der Waals surface area contributed by atoms with Crippen LogP contribution < -0.4 is 10.3 Å². The summed E-state index contributed by atoms with van der Waals surface area (Å²) in [6.07, 6.45) is 6.25. The van der Waals surface area contributed by atoms with Gasteiger partial charge in [-0.2, -0.15) is 0 Å². The fourth-order valence-corrected chi connectivity index (χ4v) is 3.29. The Bertz CT molecular complexity index is 987. The second-order valence-corrected chi connectivity index (χ2v) is 6.27. The number of amides is 1. The van der Waals surface area contributed by atoms with Crippen LogP contribution in [-0.4, -0.2) is 45.0 Å². The van der Waals surface area contributed by atoms with Crippen molar-refractivity contribution < 1.29 is 9.53 Å². The number of aromatic amines is 1. The van der Waals surface area contributed by atoms with Crippen LogP contribution in [0.15, 0.2) is 53.7 Å². The lowest BCUT2D eigenvalue weighted by molar-refractivity contribution is 0.0528. The quantitative estimate of drug-likeness (QED) is 0.780. The largest absolute Gasteiger partial charge is 0.471 e. The molecule has 2 aromatic heterocycles. The van der Waals surface area contributed by atoms with Crippen molar-refractivity contribution in [1.82, 2.24) is 19.9 Å². The van der Waals surface area contributed by atoms with Crippen molar-refractivity contribution in [2.75, 3.05) is 13.1 Å². The number of piperidine rings is 1. The minimum atomic E-state index is -0.281. The summed E-state index contributed by atoms with van der Waals surface area (Å²) in [5, 5.41) is 0.745. The van der Waals surface area contributed by atoms with Gasteiger partial charge in [-0.15, -0.1) is 0 Å². The van der Waals surface area contributed by atoms with Crippen molar-refractivity contribution in [3.63, 3.8) is 0 Å². The highest BCUT2D eigenvalue weighted by molar-refractivity contribution is 6.05. The maximum absolute atomic E-state index is 13.1. The van der Waals surface area contributed by atoms with Gasteiger partial charge in [-0.05, 0) is 18.9 Å². The first-order valence-corrected chi connectivity index (χ1v) is 8.55. The third-order valence-electron chi connectivity index (χ3n) is 4.47. The molecule has 3 aromatic rings. The van der Waals surface area contributed by atoms with Gasteiger partial charge < -0.3 is 14.6 Å². The average molecular weight is 350 g/mol. The second-order valence-electron chi connectivity index (χ2n) is 6.27. The van der Waals surface area contributed by atoms with Crippen molar-refractivity contribution in [3.05, 3.63) is 64.8 Å². The minimum absolute atomic E-state index is 0.141. The smallest absolute Gasteiger partial charge is 0.254 e. The molecule has 1 aromatic carbocycles. The number of carbonyl (C=O) groups is 1. The molecule has 132 valence electrons. The maximum atomic E-state index is 13.1. The third kappa shape index (κ3) is 3.28. The summed E-state index contributed by atoms with van der Waals surface area (Å²) in [5.41, 5.74) is 0.800. The Balaban J connectivity index is 1.57. The zero-order valence-corrected chi connectivity index (χ0v) is 14.1. The summed E-state index contributed by atoms with van der Waals surface area (Å²) in [5.74, 6) is 0.299. The SMILES string of the molecule is O=C(c1cc(=O)[nH]c2ccccc12)N1CCCC(Oc2cnccn2)C1. The first kappa shape index (κ1) is 16.3. The summed E-state index contributed by atoms with van der Waals surface area (Å²) < 4.78 is 5.85. The molecule has 4 rings (SSSR count). The third-order valence-corrected chi connectivity index (χ3v) is 4.47. The van der Waals surface area contributed by atoms with E-state index in [0.29, 0.717) is 30.0 Å². The Labute approximate surface area is 149 Å². The van der Waals surface area contributed by atoms with E-state index in [0.717, 1.165) is 18.2 Å². The van der Waals surface area contributed by atoms with E-state index in [9.17, 15) is 9.59 Å². The van der Waals surface area contributed by atoms with Gasteiger partial charge >= 0.3 is 0 Å². The molecule has 0 radical (unpaired) electrons. The Hall–Kier alpha value is -3.22. The lowest BCUT2D eigenvalue weighted by Gasteiger charge is -2.32. The monoisotopic (exact) mass is 350 g/mol. The van der Waals surface area contributed by atoms with Crippen molar-refractivity contribution in [3.8, 4) is 5.88 Å². The highest BCUT2D eigenvalue weighted by Gasteiger charge is 2.27. The van der Waals surface area contributed by atoms with E-state index in [4.69, 9.17) is 4.74 Å². The molecule has 0 spiro atoms. The number of carbonyl (C=O) groups excluding carboxylic acids is 1. The summed E-state index contributed by atoms with van der Waals surface area (Å²) >= 11 is 0. The number of pyridine rings is 1. The number of hydrogen-bond acceptors (Lipinski definition) is 5. The Morgan fingerprint density at radius 1 is 1.27 bits per heavy atom. The van der Waals surface area contributed by atoms with Gasteiger partial charge in [-0.25, -0.2) is 4.98 Å². The summed E-state index contributed by atoms with van der Waals surface area (Å²) in [4.78, 5) is 37.6. The van der Waals surface area contributed by atoms with Gasteiger partial charge in [-0.1, -0.05) is 18.2 Å². The average Bonchev–Trinajstić information content (AvgIpc) is 2.68. The standard InChI is InChI=1S/C19H18N4O3/c24-17-10-15(14-5-1-2-6-16(14)22-17)19(25)23-9-3-4-13(12-23)26-18-11-20-7-8-21-18/h1-2,5-8,10-11,13H,3-4,9,12H2,(H,22,24). The maximum Gasteiger partial charge on any atom is 0.254 e. The first-order chi connectivity index (χ1) is 12.7. The molecule has 26 heavy (non-hydrogen) atoms. The van der Waals surface area contributed by atoms with Crippen LogP contribution in [-0.2, 0) is 0 Å². The lowest BCUT2D eigenvalue weighted by Crippen LogP contribution is -2.44. The van der Waals surface area contributed by atoms with Crippen LogP contribution in [0.25, 0.3) is 10.9 Å². The van der Waals surface area contributed by atoms with E-state index >= 15 is 0 Å². The normalized spacial score (nSPS) is 17.2. The molecule has 0 aliphatic carbocycles. The fourth-order valence-electron chi connectivity index (χ4n) is 3.29. The number of benzene rings is 1. The summed E-state index contributed by atoms with van der Waals surface area (Å²) in [7, 11) is 0. The molecule has 1 N–H and O–H groups in total. The predicted molar refractivity (Wildman–Crippen MR) is 96.2 cm³/mol. The Kier molecular flexibility index (Phi) is 4.35. The molecule has 1 fully saturated rings. The molecule has 7 nitrogen and oxygen atoms in total. The van der Waals surface area contributed by atoms with Crippen LogP contribution in [0.2, 0.25) is 0 Å². The van der Waals surface area contributed by atoms with Crippen LogP contribution >= 0.6 is 0 Å². The number of hydrogen-bond donors (Lipinski definition) is 1. The van der Waals surface area contributed by atoms with Crippen LogP contribution in [0, 0.1) is 0 Å². The number of fused-ring (bicyclic) bond motifs is 1. The lowest BCUT2D eigenvalue weighted by atomic mass is 10.0. The zero-order valence-electron chi connectivity index (χ0n) is 14.1. The number of ether oxygens (including phenoxy) is 1. The number of nitrogens with zero attached hydrogens (tertiary/aromatic N) is 3. The van der Waals surface area contributed by atoms with Gasteiger partial charge in [0.25, 0.3) is 5.91 Å². The topological polar surface area (TPSA) is 88.2 Å². The fraction of sp³-hybridized carbons (Fsp3) is 0.263. The van der Waals surface area contributed by atoms with E-state index in [2.05, 4.69) is 15.0 Å². The van der Waals surface area contributed by atoms with Crippen LogP contribution in [0.3, 0.4) is 0 Å². The molecule has 1 aliphatic rings. The van der Waals surface area contributed by atoms with Crippen LogP contribution in [0.4, 0.5) is 0 Å². The second kappa shape index (κ2) is 6.95. The molecule has 1 saturated heterocycles. The number of aromatic nitrogens is 3. The molecular weight excluding hydrogens is 332 g/mol. The molecule has 1 aliphatic heterocycles. The van der Waals surface area contributed by atoms with E-state index in [1.165, 1.54) is 6.07 Å². The van der Waals surface area contributed by atoms with Crippen molar-refractivity contribution in [2.45, 2.75) is 18.9 Å². The van der Waals surface area contributed by atoms with Crippen LogP contribution in [0.1, 0.15) is 23.2 Å². The molecule has 3 heterocycles. The van der Waals surface area contributed by atoms with Gasteiger partial charge in [0.2, 0.25) is 11.4 Å². The molecule has 1 unspecified atom stereocenters. The summed E-state index contributed by atoms with van der Waals surface area (Å²) in [6.45, 7) is 1.09. The van der Waals surface area contributed by atoms with E-state index in [1.807, 2.05) is 18.2 Å². The Morgan fingerprint density at radius 2 is 2.15 bits per heavy atom. The first-order valence-electron chi connectivity index (χ1n) is 8.55. The zero-order chi connectivity index (χ0) is 17.9. The number of likely N-dealkylation sites (tertiary alicyclic amines) is 1. The van der Waals surface area contributed by atoms with E-state index in [-0.39, 0.29) is 17.6 Å². The van der Waals surface area contributed by atoms with Gasteiger partial charge in [0, 0.05) is 35.9 Å². The molecule has 1 atom stereocenters. The number of para-hydroxylation sites is 1. The molecule has 0 saturated carbocycles. The van der Waals surface area contributed by atoms with Crippen molar-refractivity contribution in [1.29, 1.82) is 0 Å². The summed E-state index contributed by atoms with van der Waals surface area (Å²) in [6, 6.07) is 8.70. The number of rotatable bonds is 3. The van der Waals surface area contributed by atoms with Gasteiger partial charge in [0.1, 0.15) is 6.10 Å². The highest BCUT2D eigenvalue weighted by atomic mass is 16.5. The molecule has 0 bridgehead atoms. The highest BCUT2D eigenvalue weighted by Crippen LogP contribution is 2.21. The molecule has 1 amide bonds. The van der Waals surface area contributed by atoms with E-state index in [1.54, 1.807) is 29.6 Å². The molecule has 7 heteroatoms. The van der Waals surface area contributed by atoms with Gasteiger partial charge in [0.15, 0.2) is 0 Å². The number of nitrogens with one attached hydrogen (secondary N) is 1. The minimum Gasteiger partial charge on any atom is -0.471 e. The predicted octanol–water partition coefficient (Wildman–Crippen LogP) is 2.00. The van der Waals surface area contributed by atoms with E-state index < -0.39 is 0 Å². The molecular formula is C19H18N4O3. The number of H-pyrrole nitrogens is 1. The van der Waals surface area contributed by atoms with Crippen molar-refractivity contribution >= 4 is 16.8 Å². The van der Waals surface area contributed by atoms with Gasteiger partial charge in [-0.3, -0.25) is 14.6 Å². The van der Waals surface area contributed by atoms with Crippen LogP contribution in [0.5, 0.6) is 5.88 Å².